The molecule has 0 aliphatic carbocycles. The molecule has 0 rings (SSSR count). The molecule has 0 aromatic rings. The maximum atomic E-state index is 8.15. The van der Waals surface area contributed by atoms with Gasteiger partial charge in [0.1, 0.15) is 6.07 Å². The van der Waals surface area contributed by atoms with Crippen LogP contribution < -0.4 is 0 Å². The average Bonchev–Trinajstić information content (AvgIpc) is 1.89. The van der Waals surface area contributed by atoms with Crippen molar-refractivity contribution in [1.82, 2.24) is 0 Å². The molecule has 0 heterocycles. The fourth-order valence-electron chi connectivity index (χ4n) is 0.230. The van der Waals surface area contributed by atoms with Crippen LogP contribution in [0.15, 0.2) is 11.8 Å². The van der Waals surface area contributed by atoms with Crippen LogP contribution in [0, 0.1) is 22.7 Å². The van der Waals surface area contributed by atoms with Gasteiger partial charge in [0.25, 0.3) is 0 Å². The average molecular weight is 122 g/mol. The Morgan fingerprint density at radius 2 is 2.33 bits per heavy atom. The zero-order chi connectivity index (χ0) is 7.11. The summed E-state index contributed by atoms with van der Waals surface area (Å²) in [7, 11) is 0. The molecule has 0 aromatic heterocycles. The van der Waals surface area contributed by atoms with Crippen molar-refractivity contribution in [2.45, 2.75) is 6.92 Å². The lowest BCUT2D eigenvalue weighted by atomic mass is 10.4. The molecule has 0 atom stereocenters. The molecule has 0 fully saturated rings. The second-order valence-corrected chi connectivity index (χ2v) is 1.38. The molecule has 0 radical (unpaired) electrons. The van der Waals surface area contributed by atoms with Crippen LogP contribution in [0.2, 0.25) is 0 Å². The minimum absolute atomic E-state index is 0.000972. The highest BCUT2D eigenvalue weighted by atomic mass is 16.5. The van der Waals surface area contributed by atoms with Crippen LogP contribution in [0.4, 0.5) is 0 Å². The van der Waals surface area contributed by atoms with Crippen molar-refractivity contribution in [3.63, 3.8) is 0 Å². The predicted octanol–water partition coefficient (Wildman–Crippen LogP) is 0.954. The van der Waals surface area contributed by atoms with Gasteiger partial charge in [0, 0.05) is 0 Å². The van der Waals surface area contributed by atoms with Crippen LogP contribution in [0.25, 0.3) is 0 Å². The fraction of sp³-hybridized carbons (Fsp3) is 0.333. The molecule has 9 heavy (non-hydrogen) atoms. The van der Waals surface area contributed by atoms with Crippen molar-refractivity contribution in [3.8, 4) is 12.1 Å². The first-order chi connectivity index (χ1) is 4.31. The Morgan fingerprint density at radius 1 is 1.67 bits per heavy atom. The number of nitriles is 2. The van der Waals surface area contributed by atoms with Gasteiger partial charge in [0.15, 0.2) is 6.61 Å². The van der Waals surface area contributed by atoms with Crippen LogP contribution in [0.5, 0.6) is 0 Å². The summed E-state index contributed by atoms with van der Waals surface area (Å²) >= 11 is 0. The molecule has 46 valence electrons. The lowest BCUT2D eigenvalue weighted by molar-refractivity contribution is 0.292. The van der Waals surface area contributed by atoms with Gasteiger partial charge in [-0.25, -0.2) is 0 Å². The predicted molar refractivity (Wildman–Crippen MR) is 30.9 cm³/mol. The van der Waals surface area contributed by atoms with E-state index in [1.807, 2.05) is 6.07 Å². The number of nitrogens with zero attached hydrogens (tertiary/aromatic N) is 2. The third-order valence-electron chi connectivity index (χ3n) is 0.584. The quantitative estimate of drug-likeness (QED) is 0.311. The van der Waals surface area contributed by atoms with Gasteiger partial charge in [-0.15, -0.1) is 0 Å². The zero-order valence-corrected chi connectivity index (χ0v) is 5.09. The summed E-state index contributed by atoms with van der Waals surface area (Å²) in [6, 6.07) is 3.62. The summed E-state index contributed by atoms with van der Waals surface area (Å²) in [6.07, 6.45) is 1.27. The fourth-order valence-corrected chi connectivity index (χ4v) is 0.230. The van der Waals surface area contributed by atoms with Crippen LogP contribution in [-0.2, 0) is 4.74 Å². The number of hydrogen-bond donors (Lipinski definition) is 0. The Bertz CT molecular complexity index is 182. The molecule has 0 saturated carbocycles. The summed E-state index contributed by atoms with van der Waals surface area (Å²) < 4.78 is 4.59. The van der Waals surface area contributed by atoms with E-state index in [1.165, 1.54) is 6.26 Å². The van der Waals surface area contributed by atoms with Gasteiger partial charge in [-0.2, -0.15) is 10.5 Å². The van der Waals surface area contributed by atoms with E-state index >= 15 is 0 Å². The molecule has 0 aliphatic rings. The highest BCUT2D eigenvalue weighted by Crippen LogP contribution is 1.87. The van der Waals surface area contributed by atoms with Gasteiger partial charge in [-0.1, -0.05) is 0 Å². The van der Waals surface area contributed by atoms with E-state index < -0.39 is 0 Å². The van der Waals surface area contributed by atoms with Gasteiger partial charge in [0.2, 0.25) is 0 Å². The van der Waals surface area contributed by atoms with E-state index in [-0.39, 0.29) is 6.61 Å². The molecular weight excluding hydrogens is 116 g/mol. The van der Waals surface area contributed by atoms with E-state index in [9.17, 15) is 0 Å². The lowest BCUT2D eigenvalue weighted by Crippen LogP contribution is -1.81. The molecule has 0 aliphatic heterocycles. The van der Waals surface area contributed by atoms with Gasteiger partial charge < -0.3 is 4.74 Å². The number of hydrogen-bond acceptors (Lipinski definition) is 3. The summed E-state index contributed by atoms with van der Waals surface area (Å²) in [5, 5.41) is 16.1. The first-order valence-corrected chi connectivity index (χ1v) is 2.36. The molecule has 0 bridgehead atoms. The zero-order valence-electron chi connectivity index (χ0n) is 5.09. The smallest absolute Gasteiger partial charge is 0.173 e. The number of ether oxygens (including phenoxy) is 1. The molecule has 3 nitrogen and oxygen atoms in total. The molecule has 3 heteroatoms. The molecule has 0 amide bonds. The normalized spacial score (nSPS) is 9.44. The first-order valence-electron chi connectivity index (χ1n) is 2.36. The second kappa shape index (κ2) is 4.67. The van der Waals surface area contributed by atoms with Crippen molar-refractivity contribution in [2.75, 3.05) is 6.61 Å². The van der Waals surface area contributed by atoms with Crippen molar-refractivity contribution in [1.29, 1.82) is 10.5 Å². The standard InChI is InChI=1S/C6H6N2O/c1-6(4-8)5-9-3-2-7/h5H,3H2,1H3. The Labute approximate surface area is 53.8 Å². The van der Waals surface area contributed by atoms with Crippen molar-refractivity contribution in [3.05, 3.63) is 11.8 Å². The Balaban J connectivity index is 3.50. The van der Waals surface area contributed by atoms with Crippen LogP contribution in [0.3, 0.4) is 0 Å². The van der Waals surface area contributed by atoms with Crippen molar-refractivity contribution >= 4 is 0 Å². The minimum atomic E-state index is -0.000972. The van der Waals surface area contributed by atoms with E-state index in [1.54, 1.807) is 13.0 Å². The Kier molecular flexibility index (Phi) is 3.90. The molecule has 0 unspecified atom stereocenters. The molecule has 0 N–H and O–H groups in total. The summed E-state index contributed by atoms with van der Waals surface area (Å²) in [5.74, 6) is 0. The maximum absolute atomic E-state index is 8.15. The molecular formula is C6H6N2O. The molecule has 0 aromatic carbocycles. The van der Waals surface area contributed by atoms with Gasteiger partial charge in [0.05, 0.1) is 17.9 Å². The Morgan fingerprint density at radius 3 is 2.78 bits per heavy atom. The summed E-state index contributed by atoms with van der Waals surface area (Å²) in [4.78, 5) is 0. The third-order valence-corrected chi connectivity index (χ3v) is 0.584. The minimum Gasteiger partial charge on any atom is -0.485 e. The topological polar surface area (TPSA) is 56.8 Å². The Hall–Kier alpha value is -1.48. The van der Waals surface area contributed by atoms with Crippen LogP contribution in [0.1, 0.15) is 6.92 Å². The lowest BCUT2D eigenvalue weighted by Gasteiger charge is -1.88. The number of allylic oxidation sites excluding steroid dienone is 1. The van der Waals surface area contributed by atoms with Gasteiger partial charge in [-0.05, 0) is 6.92 Å². The van der Waals surface area contributed by atoms with Crippen molar-refractivity contribution in [2.24, 2.45) is 0 Å². The summed E-state index contributed by atoms with van der Waals surface area (Å²) in [6.45, 7) is 1.61. The SMILES string of the molecule is CC(C#N)=COCC#N. The summed E-state index contributed by atoms with van der Waals surface area (Å²) in [5.41, 5.74) is 0.463. The van der Waals surface area contributed by atoms with E-state index in [2.05, 4.69) is 4.74 Å². The highest BCUT2D eigenvalue weighted by molar-refractivity contribution is 5.14. The monoisotopic (exact) mass is 122 g/mol. The van der Waals surface area contributed by atoms with Gasteiger partial charge in [-0.3, -0.25) is 0 Å². The molecule has 0 spiro atoms. The van der Waals surface area contributed by atoms with E-state index in [0.717, 1.165) is 0 Å². The second-order valence-electron chi connectivity index (χ2n) is 1.38. The largest absolute Gasteiger partial charge is 0.485 e. The maximum Gasteiger partial charge on any atom is 0.173 e. The van der Waals surface area contributed by atoms with Gasteiger partial charge >= 0.3 is 0 Å². The number of rotatable bonds is 2. The van der Waals surface area contributed by atoms with E-state index in [4.69, 9.17) is 10.5 Å². The van der Waals surface area contributed by atoms with Crippen LogP contribution >= 0.6 is 0 Å². The molecule has 0 saturated heterocycles. The highest BCUT2D eigenvalue weighted by Gasteiger charge is 1.81. The third kappa shape index (κ3) is 4.37. The first kappa shape index (κ1) is 7.52. The van der Waals surface area contributed by atoms with E-state index in [0.29, 0.717) is 5.57 Å². The van der Waals surface area contributed by atoms with Crippen LogP contribution in [-0.4, -0.2) is 6.61 Å². The van der Waals surface area contributed by atoms with Crippen molar-refractivity contribution < 1.29 is 4.74 Å².